The van der Waals surface area contributed by atoms with Crippen molar-refractivity contribution in [2.75, 3.05) is 5.73 Å². The Hall–Kier alpha value is -1.72. The number of Topliss-reactive ketones (excluding diaryl/α,β-unsaturated/α-hetero) is 1. The van der Waals surface area contributed by atoms with Gasteiger partial charge in [0.2, 0.25) is 0 Å². The van der Waals surface area contributed by atoms with Gasteiger partial charge in [0.15, 0.2) is 5.13 Å². The topological polar surface area (TPSA) is 82.0 Å². The number of hydrogen-bond acceptors (Lipinski definition) is 5. The zero-order valence-corrected chi connectivity index (χ0v) is 10.9. The third-order valence-corrected chi connectivity index (χ3v) is 3.34. The van der Waals surface area contributed by atoms with Gasteiger partial charge in [0.1, 0.15) is 5.78 Å². The molecule has 1 aromatic carbocycles. The number of anilines is 1. The minimum absolute atomic E-state index is 0.0962. The summed E-state index contributed by atoms with van der Waals surface area (Å²) in [5, 5.41) is 2.47. The Morgan fingerprint density at radius 2 is 2.06 bits per heavy atom. The summed E-state index contributed by atoms with van der Waals surface area (Å²) in [6, 6.07) is 7.52. The van der Waals surface area contributed by atoms with Crippen molar-refractivity contribution in [1.82, 2.24) is 4.98 Å². The van der Waals surface area contributed by atoms with Gasteiger partial charge in [-0.3, -0.25) is 4.79 Å². The van der Waals surface area contributed by atoms with Crippen LogP contribution in [0.4, 0.5) is 5.13 Å². The fourth-order valence-electron chi connectivity index (χ4n) is 1.75. The minimum atomic E-state index is -0.239. The summed E-state index contributed by atoms with van der Waals surface area (Å²) in [5.74, 6) is 0.0962. The van der Waals surface area contributed by atoms with Gasteiger partial charge in [-0.2, -0.15) is 0 Å². The van der Waals surface area contributed by atoms with E-state index in [2.05, 4.69) is 4.98 Å². The number of nitrogens with zero attached hydrogens (tertiary/aromatic N) is 1. The molecular weight excluding hydrogens is 246 g/mol. The molecule has 2 rings (SSSR count). The Bertz CT molecular complexity index is 548. The number of thiazole rings is 1. The highest BCUT2D eigenvalue weighted by molar-refractivity contribution is 7.13. The van der Waals surface area contributed by atoms with E-state index in [1.54, 1.807) is 6.92 Å². The molecule has 0 spiro atoms. The van der Waals surface area contributed by atoms with Crippen molar-refractivity contribution in [1.29, 1.82) is 0 Å². The third kappa shape index (κ3) is 2.94. The number of aromatic nitrogens is 1. The minimum Gasteiger partial charge on any atom is -0.375 e. The molecule has 1 aromatic heterocycles. The SMILES string of the molecule is CC(=O)CC(N)c1ccc(-c2csc(N)n2)cc1. The van der Waals surface area contributed by atoms with E-state index in [0.29, 0.717) is 11.6 Å². The van der Waals surface area contributed by atoms with Gasteiger partial charge in [-0.25, -0.2) is 4.98 Å². The Morgan fingerprint density at radius 1 is 1.39 bits per heavy atom. The van der Waals surface area contributed by atoms with Gasteiger partial charge in [0, 0.05) is 23.4 Å². The number of nitrogen functional groups attached to an aromatic ring is 1. The lowest BCUT2D eigenvalue weighted by Gasteiger charge is -2.10. The first-order valence-corrected chi connectivity index (χ1v) is 6.50. The molecule has 0 aliphatic heterocycles. The molecule has 4 N–H and O–H groups in total. The molecule has 0 saturated carbocycles. The first-order valence-electron chi connectivity index (χ1n) is 5.62. The number of ketones is 1. The largest absolute Gasteiger partial charge is 0.375 e. The number of nitrogens with two attached hydrogens (primary N) is 2. The molecule has 94 valence electrons. The maximum atomic E-state index is 11.0. The van der Waals surface area contributed by atoms with Crippen LogP contribution in [-0.2, 0) is 4.79 Å². The average Bonchev–Trinajstić information content (AvgIpc) is 2.75. The highest BCUT2D eigenvalue weighted by Crippen LogP contribution is 2.24. The van der Waals surface area contributed by atoms with E-state index in [1.807, 2.05) is 29.6 Å². The van der Waals surface area contributed by atoms with Crippen LogP contribution in [0.25, 0.3) is 11.3 Å². The lowest BCUT2D eigenvalue weighted by molar-refractivity contribution is -0.117. The molecule has 0 aliphatic rings. The normalized spacial score (nSPS) is 12.3. The lowest BCUT2D eigenvalue weighted by atomic mass is 10.0. The third-order valence-electron chi connectivity index (χ3n) is 2.66. The van der Waals surface area contributed by atoms with Crippen molar-refractivity contribution in [3.63, 3.8) is 0 Å². The Labute approximate surface area is 110 Å². The molecule has 1 unspecified atom stereocenters. The molecule has 1 heterocycles. The van der Waals surface area contributed by atoms with E-state index < -0.39 is 0 Å². The summed E-state index contributed by atoms with van der Waals surface area (Å²) >= 11 is 1.42. The summed E-state index contributed by atoms with van der Waals surface area (Å²) < 4.78 is 0. The van der Waals surface area contributed by atoms with Gasteiger partial charge < -0.3 is 11.5 Å². The first-order chi connectivity index (χ1) is 8.56. The number of carbonyl (C=O) groups is 1. The Balaban J connectivity index is 2.17. The van der Waals surface area contributed by atoms with Crippen molar-refractivity contribution in [3.05, 3.63) is 35.2 Å². The monoisotopic (exact) mass is 261 g/mol. The Kier molecular flexibility index (Phi) is 3.74. The summed E-state index contributed by atoms with van der Waals surface area (Å²) in [5.41, 5.74) is 14.4. The van der Waals surface area contributed by atoms with Crippen LogP contribution in [0.15, 0.2) is 29.6 Å². The second-order valence-corrected chi connectivity index (χ2v) is 5.10. The summed E-state index contributed by atoms with van der Waals surface area (Å²) in [6.07, 6.45) is 0.364. The van der Waals surface area contributed by atoms with Crippen LogP contribution < -0.4 is 11.5 Å². The fraction of sp³-hybridized carbons (Fsp3) is 0.231. The lowest BCUT2D eigenvalue weighted by Crippen LogP contribution is -2.13. The van der Waals surface area contributed by atoms with Gasteiger partial charge in [-0.05, 0) is 12.5 Å². The number of rotatable bonds is 4. The quantitative estimate of drug-likeness (QED) is 0.885. The molecule has 5 heteroatoms. The second kappa shape index (κ2) is 5.29. The standard InChI is InChI=1S/C13H15N3OS/c1-8(17)6-11(14)9-2-4-10(5-3-9)12-7-18-13(15)16-12/h2-5,7,11H,6,14H2,1H3,(H2,15,16). The van der Waals surface area contributed by atoms with Crippen molar-refractivity contribution >= 4 is 22.3 Å². The zero-order valence-electron chi connectivity index (χ0n) is 10.1. The number of benzene rings is 1. The van der Waals surface area contributed by atoms with E-state index in [9.17, 15) is 4.79 Å². The van der Waals surface area contributed by atoms with E-state index in [0.717, 1.165) is 16.8 Å². The molecular formula is C13H15N3OS. The molecule has 0 fully saturated rings. The van der Waals surface area contributed by atoms with Crippen LogP contribution >= 0.6 is 11.3 Å². The molecule has 18 heavy (non-hydrogen) atoms. The van der Waals surface area contributed by atoms with E-state index in [1.165, 1.54) is 11.3 Å². The fourth-order valence-corrected chi connectivity index (χ4v) is 2.32. The van der Waals surface area contributed by atoms with Crippen molar-refractivity contribution in [2.24, 2.45) is 5.73 Å². The average molecular weight is 261 g/mol. The van der Waals surface area contributed by atoms with Gasteiger partial charge in [0.05, 0.1) is 5.69 Å². The molecule has 0 saturated heterocycles. The highest BCUT2D eigenvalue weighted by atomic mass is 32.1. The molecule has 0 aliphatic carbocycles. The van der Waals surface area contributed by atoms with Crippen LogP contribution in [0.5, 0.6) is 0 Å². The van der Waals surface area contributed by atoms with Crippen LogP contribution in [-0.4, -0.2) is 10.8 Å². The van der Waals surface area contributed by atoms with Gasteiger partial charge in [-0.15, -0.1) is 11.3 Å². The van der Waals surface area contributed by atoms with Crippen LogP contribution in [0, 0.1) is 0 Å². The van der Waals surface area contributed by atoms with E-state index in [-0.39, 0.29) is 11.8 Å². The van der Waals surface area contributed by atoms with Crippen LogP contribution in [0.3, 0.4) is 0 Å². The number of carbonyl (C=O) groups excluding carboxylic acids is 1. The van der Waals surface area contributed by atoms with Gasteiger partial charge >= 0.3 is 0 Å². The van der Waals surface area contributed by atoms with Gasteiger partial charge in [-0.1, -0.05) is 24.3 Å². The van der Waals surface area contributed by atoms with E-state index >= 15 is 0 Å². The second-order valence-electron chi connectivity index (χ2n) is 4.21. The maximum absolute atomic E-state index is 11.0. The van der Waals surface area contributed by atoms with Crippen molar-refractivity contribution < 1.29 is 4.79 Å². The summed E-state index contributed by atoms with van der Waals surface area (Å²) in [7, 11) is 0. The summed E-state index contributed by atoms with van der Waals surface area (Å²) in [4.78, 5) is 15.2. The molecule has 0 amide bonds. The molecule has 0 radical (unpaired) electrons. The maximum Gasteiger partial charge on any atom is 0.180 e. The van der Waals surface area contributed by atoms with Gasteiger partial charge in [0.25, 0.3) is 0 Å². The predicted molar refractivity (Wildman–Crippen MR) is 74.2 cm³/mol. The van der Waals surface area contributed by atoms with Crippen LogP contribution in [0.2, 0.25) is 0 Å². The van der Waals surface area contributed by atoms with Crippen LogP contribution in [0.1, 0.15) is 24.9 Å². The van der Waals surface area contributed by atoms with Crippen molar-refractivity contribution in [3.8, 4) is 11.3 Å². The molecule has 4 nitrogen and oxygen atoms in total. The first kappa shape index (κ1) is 12.7. The smallest absolute Gasteiger partial charge is 0.180 e. The molecule has 0 bridgehead atoms. The number of hydrogen-bond donors (Lipinski definition) is 2. The zero-order chi connectivity index (χ0) is 13.1. The molecule has 1 atom stereocenters. The van der Waals surface area contributed by atoms with E-state index in [4.69, 9.17) is 11.5 Å². The molecule has 2 aromatic rings. The summed E-state index contributed by atoms with van der Waals surface area (Å²) in [6.45, 7) is 1.55. The predicted octanol–water partition coefficient (Wildman–Crippen LogP) is 2.37. The Morgan fingerprint density at radius 3 is 2.56 bits per heavy atom. The highest BCUT2D eigenvalue weighted by Gasteiger charge is 2.09. The van der Waals surface area contributed by atoms with Crippen molar-refractivity contribution in [2.45, 2.75) is 19.4 Å².